The summed E-state index contributed by atoms with van der Waals surface area (Å²) in [5, 5.41) is 0. The van der Waals surface area contributed by atoms with Crippen molar-refractivity contribution in [3.63, 3.8) is 0 Å². The number of hydrogen-bond donors (Lipinski definition) is 0. The maximum atomic E-state index is 11.0. The van der Waals surface area contributed by atoms with Crippen molar-refractivity contribution >= 4 is 5.97 Å². The number of ether oxygens (including phenoxy) is 3. The Kier molecular flexibility index (Phi) is 8.38. The summed E-state index contributed by atoms with van der Waals surface area (Å²) in [6.07, 6.45) is 15.8. The van der Waals surface area contributed by atoms with E-state index in [0.717, 1.165) is 19.3 Å². The van der Waals surface area contributed by atoms with E-state index in [1.54, 1.807) is 0 Å². The zero-order valence-corrected chi connectivity index (χ0v) is 14.9. The van der Waals surface area contributed by atoms with Crippen molar-refractivity contribution < 1.29 is 19.0 Å². The lowest BCUT2D eigenvalue weighted by Crippen LogP contribution is -2.02. The van der Waals surface area contributed by atoms with E-state index in [4.69, 9.17) is 9.47 Å². The van der Waals surface area contributed by atoms with Crippen LogP contribution >= 0.6 is 0 Å². The summed E-state index contributed by atoms with van der Waals surface area (Å²) in [7, 11) is 1.45. The highest BCUT2D eigenvalue weighted by molar-refractivity contribution is 5.68. The fourth-order valence-corrected chi connectivity index (χ4v) is 3.35. The Morgan fingerprint density at radius 3 is 2.00 bits per heavy atom. The van der Waals surface area contributed by atoms with Crippen molar-refractivity contribution in [2.24, 2.45) is 0 Å². The first kappa shape index (κ1) is 18.7. The van der Waals surface area contributed by atoms with E-state index in [1.165, 1.54) is 58.5 Å². The maximum absolute atomic E-state index is 11.0. The topological polar surface area (TPSA) is 51.4 Å². The second-order valence-electron chi connectivity index (χ2n) is 7.04. The minimum Gasteiger partial charge on any atom is -0.469 e. The van der Waals surface area contributed by atoms with E-state index in [-0.39, 0.29) is 5.97 Å². The van der Waals surface area contributed by atoms with Crippen molar-refractivity contribution in [3.05, 3.63) is 0 Å². The van der Waals surface area contributed by atoms with Gasteiger partial charge in [-0.15, -0.1) is 0 Å². The Labute approximate surface area is 141 Å². The molecule has 2 fully saturated rings. The summed E-state index contributed by atoms with van der Waals surface area (Å²) in [4.78, 5) is 11.0. The number of rotatable bonds is 14. The molecule has 0 aromatic rings. The minimum atomic E-state index is -0.0884. The highest BCUT2D eigenvalue weighted by atomic mass is 16.6. The molecule has 23 heavy (non-hydrogen) atoms. The Bertz CT molecular complexity index is 344. The van der Waals surface area contributed by atoms with E-state index >= 15 is 0 Å². The van der Waals surface area contributed by atoms with Gasteiger partial charge in [-0.1, -0.05) is 51.9 Å². The second-order valence-corrected chi connectivity index (χ2v) is 7.04. The molecule has 0 saturated carbocycles. The third-order valence-corrected chi connectivity index (χ3v) is 5.03. The van der Waals surface area contributed by atoms with Crippen LogP contribution in [0, 0.1) is 0 Å². The molecule has 134 valence electrons. The van der Waals surface area contributed by atoms with Crippen molar-refractivity contribution in [2.45, 2.75) is 108 Å². The van der Waals surface area contributed by atoms with Crippen LogP contribution in [0.2, 0.25) is 0 Å². The summed E-state index contributed by atoms with van der Waals surface area (Å²) < 4.78 is 16.2. The predicted octanol–water partition coefficient (Wildman–Crippen LogP) is 4.40. The number of carbonyl (C=O) groups excluding carboxylic acids is 1. The molecule has 0 unspecified atom stereocenters. The Balaban J connectivity index is 1.35. The maximum Gasteiger partial charge on any atom is 0.305 e. The first-order valence-electron chi connectivity index (χ1n) is 9.62. The second kappa shape index (κ2) is 10.3. The van der Waals surface area contributed by atoms with Gasteiger partial charge in [0, 0.05) is 12.8 Å². The van der Waals surface area contributed by atoms with Crippen molar-refractivity contribution in [3.8, 4) is 0 Å². The fourth-order valence-electron chi connectivity index (χ4n) is 3.35. The summed E-state index contributed by atoms with van der Waals surface area (Å²) >= 11 is 0. The quantitative estimate of drug-likeness (QED) is 0.270. The minimum absolute atomic E-state index is 0.0884. The SMILES string of the molecule is CCCCC[C@@H]1O[C@H]1C[C@H]1O[C@H]1CCCCCCCC(=O)OC. The largest absolute Gasteiger partial charge is 0.469 e. The number of epoxide rings is 2. The zero-order valence-electron chi connectivity index (χ0n) is 14.9. The van der Waals surface area contributed by atoms with Crippen LogP contribution < -0.4 is 0 Å². The molecule has 4 heteroatoms. The van der Waals surface area contributed by atoms with Crippen LogP contribution in [0.5, 0.6) is 0 Å². The number of carbonyl (C=O) groups is 1. The third-order valence-electron chi connectivity index (χ3n) is 5.03. The average molecular weight is 326 g/mol. The first-order valence-corrected chi connectivity index (χ1v) is 9.62. The normalized spacial score (nSPS) is 28.6. The third kappa shape index (κ3) is 7.67. The van der Waals surface area contributed by atoms with Crippen LogP contribution in [0.15, 0.2) is 0 Å². The molecule has 0 N–H and O–H groups in total. The van der Waals surface area contributed by atoms with E-state index in [1.807, 2.05) is 0 Å². The Morgan fingerprint density at radius 1 is 0.826 bits per heavy atom. The van der Waals surface area contributed by atoms with Crippen LogP contribution in [0.25, 0.3) is 0 Å². The van der Waals surface area contributed by atoms with Gasteiger partial charge >= 0.3 is 5.97 Å². The molecule has 4 atom stereocenters. The van der Waals surface area contributed by atoms with E-state index < -0.39 is 0 Å². The van der Waals surface area contributed by atoms with Gasteiger partial charge < -0.3 is 14.2 Å². The molecular weight excluding hydrogens is 292 g/mol. The molecule has 0 spiro atoms. The number of hydrogen-bond acceptors (Lipinski definition) is 4. The number of esters is 1. The van der Waals surface area contributed by atoms with Crippen molar-refractivity contribution in [1.82, 2.24) is 0 Å². The van der Waals surface area contributed by atoms with E-state index in [9.17, 15) is 4.79 Å². The zero-order chi connectivity index (χ0) is 16.5. The lowest BCUT2D eigenvalue weighted by atomic mass is 10.0. The summed E-state index contributed by atoms with van der Waals surface area (Å²) in [5.74, 6) is -0.0884. The van der Waals surface area contributed by atoms with Gasteiger partial charge in [-0.25, -0.2) is 0 Å². The summed E-state index contributed by atoms with van der Waals surface area (Å²) in [6, 6.07) is 0. The van der Waals surface area contributed by atoms with Crippen LogP contribution in [-0.4, -0.2) is 37.5 Å². The Morgan fingerprint density at radius 2 is 1.39 bits per heavy atom. The molecular formula is C19H34O4. The van der Waals surface area contributed by atoms with Gasteiger partial charge in [0.2, 0.25) is 0 Å². The monoisotopic (exact) mass is 326 g/mol. The highest BCUT2D eigenvalue weighted by Gasteiger charge is 2.47. The van der Waals surface area contributed by atoms with Crippen molar-refractivity contribution in [2.75, 3.05) is 7.11 Å². The van der Waals surface area contributed by atoms with Gasteiger partial charge in [-0.3, -0.25) is 4.79 Å². The molecule has 2 rings (SSSR count). The Hall–Kier alpha value is -0.610. The highest BCUT2D eigenvalue weighted by Crippen LogP contribution is 2.39. The van der Waals surface area contributed by atoms with Gasteiger partial charge in [0.25, 0.3) is 0 Å². The predicted molar refractivity (Wildman–Crippen MR) is 90.4 cm³/mol. The lowest BCUT2D eigenvalue weighted by molar-refractivity contribution is -0.140. The molecule has 2 aliphatic rings. The number of unbranched alkanes of at least 4 members (excludes halogenated alkanes) is 6. The van der Waals surface area contributed by atoms with Gasteiger partial charge in [-0.2, -0.15) is 0 Å². The molecule has 0 bridgehead atoms. The molecule has 0 amide bonds. The van der Waals surface area contributed by atoms with Gasteiger partial charge in [-0.05, 0) is 19.3 Å². The van der Waals surface area contributed by atoms with Gasteiger partial charge in [0.05, 0.1) is 31.5 Å². The van der Waals surface area contributed by atoms with Crippen LogP contribution in [0.4, 0.5) is 0 Å². The molecule has 4 nitrogen and oxygen atoms in total. The van der Waals surface area contributed by atoms with Crippen LogP contribution in [0.1, 0.15) is 84.0 Å². The van der Waals surface area contributed by atoms with Crippen LogP contribution in [-0.2, 0) is 19.0 Å². The molecule has 0 aliphatic carbocycles. The first-order chi connectivity index (χ1) is 11.2. The molecule has 2 saturated heterocycles. The molecule has 2 aliphatic heterocycles. The van der Waals surface area contributed by atoms with Gasteiger partial charge in [0.1, 0.15) is 0 Å². The standard InChI is InChI=1S/C19H34O4/c1-3-4-8-11-15-17(22-15)14-18-16(23-18)12-9-6-5-7-10-13-19(20)21-2/h15-18H,3-14H2,1-2H3/t15-,16-,17-,18+/m0/s1. The summed E-state index contributed by atoms with van der Waals surface area (Å²) in [5.41, 5.74) is 0. The van der Waals surface area contributed by atoms with Crippen molar-refractivity contribution in [1.29, 1.82) is 0 Å². The summed E-state index contributed by atoms with van der Waals surface area (Å²) in [6.45, 7) is 2.24. The lowest BCUT2D eigenvalue weighted by Gasteiger charge is -2.00. The molecule has 0 aromatic heterocycles. The van der Waals surface area contributed by atoms with E-state index in [0.29, 0.717) is 30.8 Å². The van der Waals surface area contributed by atoms with E-state index in [2.05, 4.69) is 11.7 Å². The molecule has 2 heterocycles. The average Bonchev–Trinajstić information content (AvgIpc) is 3.46. The molecule has 0 aromatic carbocycles. The van der Waals surface area contributed by atoms with Crippen LogP contribution in [0.3, 0.4) is 0 Å². The molecule has 0 radical (unpaired) electrons. The smallest absolute Gasteiger partial charge is 0.305 e. The number of methoxy groups -OCH3 is 1. The fraction of sp³-hybridized carbons (Fsp3) is 0.947. The van der Waals surface area contributed by atoms with Gasteiger partial charge in [0.15, 0.2) is 0 Å².